The van der Waals surface area contributed by atoms with Crippen molar-refractivity contribution in [1.82, 2.24) is 5.43 Å². The maximum absolute atomic E-state index is 11.6. The summed E-state index contributed by atoms with van der Waals surface area (Å²) in [7, 11) is 0. The van der Waals surface area contributed by atoms with E-state index in [9.17, 15) is 14.4 Å². The number of nitrogens with zero attached hydrogens (tertiary/aromatic N) is 1. The lowest BCUT2D eigenvalue weighted by molar-refractivity contribution is -0.166. The van der Waals surface area contributed by atoms with E-state index in [-0.39, 0.29) is 13.2 Å². The fraction of sp³-hybridized carbons (Fsp3) is 0.556. The van der Waals surface area contributed by atoms with Crippen LogP contribution in [0.15, 0.2) is 5.10 Å². The van der Waals surface area contributed by atoms with Crippen molar-refractivity contribution in [2.75, 3.05) is 13.2 Å². The van der Waals surface area contributed by atoms with Crippen LogP contribution in [0.2, 0.25) is 0 Å². The van der Waals surface area contributed by atoms with E-state index in [1.54, 1.807) is 13.8 Å². The normalized spacial score (nSPS) is 16.8. The number of ketones is 1. The number of hydrazone groups is 1. The predicted octanol–water partition coefficient (Wildman–Crippen LogP) is -0.990. The minimum Gasteiger partial charge on any atom is -0.463 e. The average molecular weight is 228 g/mol. The smallest absolute Gasteiger partial charge is 0.353 e. The number of esters is 2. The van der Waals surface area contributed by atoms with E-state index < -0.39 is 23.3 Å². The van der Waals surface area contributed by atoms with Gasteiger partial charge < -0.3 is 9.47 Å². The summed E-state index contributed by atoms with van der Waals surface area (Å²) < 4.78 is 9.33. The molecule has 0 unspecified atom stereocenters. The Hall–Kier alpha value is -1.92. The third-order valence-corrected chi connectivity index (χ3v) is 1.95. The predicted molar refractivity (Wildman–Crippen MR) is 52.6 cm³/mol. The van der Waals surface area contributed by atoms with E-state index in [0.717, 1.165) is 6.21 Å². The van der Waals surface area contributed by atoms with E-state index in [4.69, 9.17) is 0 Å². The number of ether oxygens (including phenoxy) is 2. The molecule has 7 heteroatoms. The van der Waals surface area contributed by atoms with Crippen molar-refractivity contribution in [2.24, 2.45) is 5.10 Å². The quantitative estimate of drug-likeness (QED) is 0.490. The topological polar surface area (TPSA) is 94.1 Å². The Morgan fingerprint density at radius 2 is 1.81 bits per heavy atom. The second-order valence-electron chi connectivity index (χ2n) is 2.93. The maximum Gasteiger partial charge on any atom is 0.353 e. The van der Waals surface area contributed by atoms with E-state index in [2.05, 4.69) is 20.0 Å². The van der Waals surface area contributed by atoms with E-state index in [1.807, 2.05) is 0 Å². The number of rotatable bonds is 4. The zero-order chi connectivity index (χ0) is 12.2. The lowest BCUT2D eigenvalue weighted by Crippen LogP contribution is -2.60. The number of hydrogen-bond donors (Lipinski definition) is 1. The van der Waals surface area contributed by atoms with Crippen LogP contribution < -0.4 is 5.43 Å². The molecule has 0 spiro atoms. The molecule has 1 N–H and O–H groups in total. The molecule has 0 radical (unpaired) electrons. The Morgan fingerprint density at radius 3 is 2.12 bits per heavy atom. The highest BCUT2D eigenvalue weighted by Crippen LogP contribution is 2.15. The minimum atomic E-state index is -2.16. The fourth-order valence-electron chi connectivity index (χ4n) is 1.19. The van der Waals surface area contributed by atoms with Gasteiger partial charge in [-0.05, 0) is 13.8 Å². The molecule has 0 aromatic carbocycles. The van der Waals surface area contributed by atoms with Gasteiger partial charge in [-0.15, -0.1) is 0 Å². The highest BCUT2D eigenvalue weighted by atomic mass is 16.6. The second-order valence-corrected chi connectivity index (χ2v) is 2.93. The second kappa shape index (κ2) is 4.73. The molecular formula is C9H12N2O5. The first-order valence-electron chi connectivity index (χ1n) is 4.78. The molecule has 1 rings (SSSR count). The van der Waals surface area contributed by atoms with Gasteiger partial charge in [0.1, 0.15) is 0 Å². The van der Waals surface area contributed by atoms with E-state index in [1.165, 1.54) is 0 Å². The van der Waals surface area contributed by atoms with Crippen molar-refractivity contribution in [2.45, 2.75) is 19.4 Å². The lowest BCUT2D eigenvalue weighted by Gasteiger charge is -2.21. The zero-order valence-electron chi connectivity index (χ0n) is 8.98. The van der Waals surface area contributed by atoms with Crippen molar-refractivity contribution >= 4 is 23.9 Å². The summed E-state index contributed by atoms with van der Waals surface area (Å²) >= 11 is 0. The van der Waals surface area contributed by atoms with Gasteiger partial charge in [0.05, 0.1) is 19.4 Å². The van der Waals surface area contributed by atoms with Crippen molar-refractivity contribution in [1.29, 1.82) is 0 Å². The van der Waals surface area contributed by atoms with Crippen LogP contribution in [0, 0.1) is 0 Å². The van der Waals surface area contributed by atoms with Gasteiger partial charge >= 0.3 is 17.5 Å². The van der Waals surface area contributed by atoms with Crippen LogP contribution in [0.25, 0.3) is 0 Å². The Morgan fingerprint density at radius 1 is 1.31 bits per heavy atom. The van der Waals surface area contributed by atoms with Crippen LogP contribution in [-0.2, 0) is 23.9 Å². The molecule has 1 aliphatic rings. The van der Waals surface area contributed by atoms with Crippen LogP contribution in [0.4, 0.5) is 0 Å². The summed E-state index contributed by atoms with van der Waals surface area (Å²) in [5, 5.41) is 3.40. The molecule has 0 amide bonds. The van der Waals surface area contributed by atoms with Crippen LogP contribution in [-0.4, -0.2) is 42.7 Å². The summed E-state index contributed by atoms with van der Waals surface area (Å²) in [6.07, 6.45) is 0.855. The van der Waals surface area contributed by atoms with Crippen molar-refractivity contribution < 1.29 is 23.9 Å². The number of carbonyl (C=O) groups excluding carboxylic acids is 3. The molecule has 16 heavy (non-hydrogen) atoms. The standard InChI is InChI=1S/C9H12N2O5/c1-3-15-7(13)9(8(14)16-4-2)6(12)5-10-11-9/h5,11H,3-4H2,1-2H3. The molecule has 88 valence electrons. The van der Waals surface area contributed by atoms with Gasteiger partial charge in [0, 0.05) is 0 Å². The Bertz CT molecular complexity index is 332. The molecule has 0 aliphatic carbocycles. The van der Waals surface area contributed by atoms with Crippen LogP contribution in [0.1, 0.15) is 13.8 Å². The minimum absolute atomic E-state index is 0.0505. The summed E-state index contributed by atoms with van der Waals surface area (Å²) in [6.45, 7) is 3.23. The molecule has 0 aromatic rings. The Balaban J connectivity index is 2.99. The molecule has 0 saturated carbocycles. The summed E-state index contributed by atoms with van der Waals surface area (Å²) in [6, 6.07) is 0. The third-order valence-electron chi connectivity index (χ3n) is 1.95. The molecule has 0 aromatic heterocycles. The van der Waals surface area contributed by atoms with Gasteiger partial charge in [0.15, 0.2) is 0 Å². The van der Waals surface area contributed by atoms with Crippen molar-refractivity contribution in [3.05, 3.63) is 0 Å². The van der Waals surface area contributed by atoms with Gasteiger partial charge in [-0.3, -0.25) is 10.2 Å². The zero-order valence-corrected chi connectivity index (χ0v) is 8.98. The van der Waals surface area contributed by atoms with Gasteiger partial charge in [0.25, 0.3) is 0 Å². The first-order valence-corrected chi connectivity index (χ1v) is 4.78. The van der Waals surface area contributed by atoms with E-state index in [0.29, 0.717) is 0 Å². The lowest BCUT2D eigenvalue weighted by atomic mass is 9.96. The highest BCUT2D eigenvalue weighted by molar-refractivity contribution is 6.46. The molecular weight excluding hydrogens is 216 g/mol. The molecule has 1 heterocycles. The van der Waals surface area contributed by atoms with Crippen LogP contribution in [0.5, 0.6) is 0 Å². The largest absolute Gasteiger partial charge is 0.463 e. The summed E-state index contributed by atoms with van der Waals surface area (Å²) in [4.78, 5) is 34.7. The van der Waals surface area contributed by atoms with Gasteiger partial charge in [-0.25, -0.2) is 9.59 Å². The van der Waals surface area contributed by atoms with Gasteiger partial charge in [0.2, 0.25) is 5.78 Å². The van der Waals surface area contributed by atoms with Gasteiger partial charge in [-0.2, -0.15) is 5.10 Å². The van der Waals surface area contributed by atoms with Gasteiger partial charge in [-0.1, -0.05) is 0 Å². The monoisotopic (exact) mass is 228 g/mol. The molecule has 7 nitrogen and oxygen atoms in total. The van der Waals surface area contributed by atoms with Crippen molar-refractivity contribution in [3.63, 3.8) is 0 Å². The molecule has 1 aliphatic heterocycles. The molecule has 0 saturated heterocycles. The number of nitrogens with one attached hydrogen (secondary N) is 1. The van der Waals surface area contributed by atoms with Crippen LogP contribution in [0.3, 0.4) is 0 Å². The first kappa shape index (κ1) is 12.2. The summed E-state index contributed by atoms with van der Waals surface area (Å²) in [5.74, 6) is -2.80. The molecule has 0 bridgehead atoms. The maximum atomic E-state index is 11.6. The van der Waals surface area contributed by atoms with E-state index >= 15 is 0 Å². The summed E-state index contributed by atoms with van der Waals surface area (Å²) in [5.41, 5.74) is -0.000833. The molecule has 0 fully saturated rings. The number of hydrogen-bond acceptors (Lipinski definition) is 7. The number of Topliss-reactive ketones (excluding diaryl/α,β-unsaturated/α-hetero) is 1. The SMILES string of the molecule is CCOC(=O)C1(C(=O)OCC)NN=CC1=O. The Labute approximate surface area is 91.8 Å². The highest BCUT2D eigenvalue weighted by Gasteiger charge is 2.57. The molecule has 0 atom stereocenters. The van der Waals surface area contributed by atoms with Crippen LogP contribution >= 0.6 is 0 Å². The third kappa shape index (κ3) is 1.75. The number of carbonyl (C=O) groups is 3. The average Bonchev–Trinajstić information content (AvgIpc) is 2.62. The first-order chi connectivity index (χ1) is 7.59. The fourth-order valence-corrected chi connectivity index (χ4v) is 1.19. The Kier molecular flexibility index (Phi) is 3.60. The van der Waals surface area contributed by atoms with Crippen molar-refractivity contribution in [3.8, 4) is 0 Å².